The fourth-order valence-corrected chi connectivity index (χ4v) is 3.14. The number of anilines is 2. The molecule has 1 aromatic heterocycles. The molecule has 0 spiro atoms. The van der Waals surface area contributed by atoms with E-state index in [1.807, 2.05) is 0 Å². The standard InChI is InChI=1S/C14H23N5/c1-14(2)8-10-11(9-14)16-13(15)17-12(10)19-6-4-18(3)5-7-19/h4-9H2,1-3H3,(H2,15,16,17). The molecule has 1 saturated heterocycles. The van der Waals surface area contributed by atoms with Gasteiger partial charge in [-0.05, 0) is 25.3 Å². The van der Waals surface area contributed by atoms with E-state index < -0.39 is 0 Å². The highest BCUT2D eigenvalue weighted by Gasteiger charge is 2.34. The SMILES string of the molecule is CN1CCN(c2nc(N)nc3c2CC(C)(C)C3)CC1. The molecule has 1 aliphatic carbocycles. The van der Waals surface area contributed by atoms with Crippen molar-refractivity contribution < 1.29 is 0 Å². The fraction of sp³-hybridized carbons (Fsp3) is 0.714. The van der Waals surface area contributed by atoms with Gasteiger partial charge in [-0.25, -0.2) is 4.98 Å². The molecule has 0 bridgehead atoms. The van der Waals surface area contributed by atoms with Crippen molar-refractivity contribution in [3.8, 4) is 0 Å². The average molecular weight is 261 g/mol. The van der Waals surface area contributed by atoms with E-state index in [0.717, 1.165) is 50.5 Å². The first kappa shape index (κ1) is 12.7. The summed E-state index contributed by atoms with van der Waals surface area (Å²) in [6.07, 6.45) is 2.07. The first-order valence-electron chi connectivity index (χ1n) is 7.03. The number of fused-ring (bicyclic) bond motifs is 1. The van der Waals surface area contributed by atoms with Gasteiger partial charge in [0.05, 0.1) is 5.69 Å². The lowest BCUT2D eigenvalue weighted by molar-refractivity contribution is 0.311. The Kier molecular flexibility index (Phi) is 2.89. The molecule has 2 heterocycles. The minimum absolute atomic E-state index is 0.284. The maximum Gasteiger partial charge on any atom is 0.222 e. The van der Waals surface area contributed by atoms with E-state index in [-0.39, 0.29) is 5.41 Å². The van der Waals surface area contributed by atoms with Crippen molar-refractivity contribution in [3.05, 3.63) is 11.3 Å². The van der Waals surface area contributed by atoms with E-state index in [4.69, 9.17) is 5.73 Å². The van der Waals surface area contributed by atoms with Crippen LogP contribution in [0, 0.1) is 5.41 Å². The van der Waals surface area contributed by atoms with Gasteiger partial charge in [-0.15, -0.1) is 0 Å². The van der Waals surface area contributed by atoms with Crippen LogP contribution in [0.25, 0.3) is 0 Å². The predicted molar refractivity (Wildman–Crippen MR) is 77.3 cm³/mol. The number of likely N-dealkylation sites (N-methyl/N-ethyl adjacent to an activating group) is 1. The van der Waals surface area contributed by atoms with E-state index in [9.17, 15) is 0 Å². The van der Waals surface area contributed by atoms with E-state index in [1.54, 1.807) is 0 Å². The Labute approximate surface area is 114 Å². The third-order valence-corrected chi connectivity index (χ3v) is 4.19. The van der Waals surface area contributed by atoms with Crippen LogP contribution in [0.3, 0.4) is 0 Å². The van der Waals surface area contributed by atoms with Gasteiger partial charge in [0.1, 0.15) is 5.82 Å². The van der Waals surface area contributed by atoms with Gasteiger partial charge in [-0.2, -0.15) is 4.98 Å². The molecule has 0 aromatic carbocycles. The van der Waals surface area contributed by atoms with Gasteiger partial charge in [-0.3, -0.25) is 0 Å². The summed E-state index contributed by atoms with van der Waals surface area (Å²) in [7, 11) is 2.17. The molecule has 19 heavy (non-hydrogen) atoms. The van der Waals surface area contributed by atoms with Gasteiger partial charge in [0.25, 0.3) is 0 Å². The molecule has 0 unspecified atom stereocenters. The van der Waals surface area contributed by atoms with Gasteiger partial charge >= 0.3 is 0 Å². The summed E-state index contributed by atoms with van der Waals surface area (Å²) in [5, 5.41) is 0. The molecule has 0 amide bonds. The summed E-state index contributed by atoms with van der Waals surface area (Å²) in [6, 6.07) is 0. The number of rotatable bonds is 1. The zero-order chi connectivity index (χ0) is 13.6. The molecular formula is C14H23N5. The minimum Gasteiger partial charge on any atom is -0.368 e. The Morgan fingerprint density at radius 3 is 2.42 bits per heavy atom. The van der Waals surface area contributed by atoms with E-state index in [2.05, 4.69) is 40.7 Å². The predicted octanol–water partition coefficient (Wildman–Crippen LogP) is 0.935. The number of aromatic nitrogens is 2. The highest BCUT2D eigenvalue weighted by atomic mass is 15.3. The maximum absolute atomic E-state index is 5.89. The molecule has 5 heteroatoms. The van der Waals surface area contributed by atoms with Crippen LogP contribution in [-0.4, -0.2) is 48.1 Å². The number of piperazine rings is 1. The van der Waals surface area contributed by atoms with Crippen LogP contribution in [0.15, 0.2) is 0 Å². The Bertz CT molecular complexity index is 489. The largest absolute Gasteiger partial charge is 0.368 e. The van der Waals surface area contributed by atoms with Crippen LogP contribution < -0.4 is 10.6 Å². The summed E-state index contributed by atoms with van der Waals surface area (Å²) in [5.74, 6) is 1.51. The first-order valence-corrected chi connectivity index (χ1v) is 7.03. The summed E-state index contributed by atoms with van der Waals surface area (Å²) >= 11 is 0. The number of nitrogen functional groups attached to an aromatic ring is 1. The van der Waals surface area contributed by atoms with Crippen LogP contribution in [0.4, 0.5) is 11.8 Å². The first-order chi connectivity index (χ1) is 8.94. The highest BCUT2D eigenvalue weighted by Crippen LogP contribution is 2.39. The molecule has 2 N–H and O–H groups in total. The molecule has 1 aromatic rings. The molecule has 1 aliphatic heterocycles. The second-order valence-electron chi connectivity index (χ2n) is 6.64. The van der Waals surface area contributed by atoms with Crippen molar-refractivity contribution in [1.82, 2.24) is 14.9 Å². The average Bonchev–Trinajstić information content (AvgIpc) is 2.63. The van der Waals surface area contributed by atoms with Gasteiger partial charge in [0, 0.05) is 31.7 Å². The normalized spacial score (nSPS) is 22.6. The van der Waals surface area contributed by atoms with E-state index >= 15 is 0 Å². The highest BCUT2D eigenvalue weighted by molar-refractivity contribution is 5.54. The monoisotopic (exact) mass is 261 g/mol. The molecule has 0 saturated carbocycles. The van der Waals surface area contributed by atoms with Crippen LogP contribution >= 0.6 is 0 Å². The Morgan fingerprint density at radius 2 is 1.74 bits per heavy atom. The second-order valence-corrected chi connectivity index (χ2v) is 6.64. The summed E-state index contributed by atoms with van der Waals surface area (Å²) in [6.45, 7) is 8.81. The number of nitrogens with zero attached hydrogens (tertiary/aromatic N) is 4. The van der Waals surface area contributed by atoms with Gasteiger partial charge in [0.15, 0.2) is 0 Å². The lowest BCUT2D eigenvalue weighted by atomic mass is 9.90. The smallest absolute Gasteiger partial charge is 0.222 e. The molecule has 0 radical (unpaired) electrons. The third-order valence-electron chi connectivity index (χ3n) is 4.19. The van der Waals surface area contributed by atoms with Crippen LogP contribution in [0.1, 0.15) is 25.1 Å². The number of hydrogen-bond acceptors (Lipinski definition) is 5. The van der Waals surface area contributed by atoms with Crippen molar-refractivity contribution in [2.45, 2.75) is 26.7 Å². The zero-order valence-corrected chi connectivity index (χ0v) is 12.1. The van der Waals surface area contributed by atoms with Crippen molar-refractivity contribution in [2.24, 2.45) is 5.41 Å². The number of hydrogen-bond donors (Lipinski definition) is 1. The summed E-state index contributed by atoms with van der Waals surface area (Å²) in [5.41, 5.74) is 8.66. The van der Waals surface area contributed by atoms with Crippen LogP contribution in [-0.2, 0) is 12.8 Å². The molecule has 1 fully saturated rings. The third kappa shape index (κ3) is 2.39. The van der Waals surface area contributed by atoms with E-state index in [0.29, 0.717) is 5.95 Å². The molecular weight excluding hydrogens is 238 g/mol. The second kappa shape index (κ2) is 4.34. The van der Waals surface area contributed by atoms with Crippen LogP contribution in [0.5, 0.6) is 0 Å². The molecule has 2 aliphatic rings. The van der Waals surface area contributed by atoms with Gasteiger partial charge in [0.2, 0.25) is 5.95 Å². The molecule has 5 nitrogen and oxygen atoms in total. The zero-order valence-electron chi connectivity index (χ0n) is 12.1. The van der Waals surface area contributed by atoms with Crippen molar-refractivity contribution >= 4 is 11.8 Å². The van der Waals surface area contributed by atoms with E-state index in [1.165, 1.54) is 5.56 Å². The Hall–Kier alpha value is -1.36. The van der Waals surface area contributed by atoms with Crippen molar-refractivity contribution in [3.63, 3.8) is 0 Å². The lowest BCUT2D eigenvalue weighted by Gasteiger charge is -2.34. The van der Waals surface area contributed by atoms with Gasteiger partial charge in [-0.1, -0.05) is 13.8 Å². The fourth-order valence-electron chi connectivity index (χ4n) is 3.14. The number of nitrogens with two attached hydrogens (primary N) is 1. The Morgan fingerprint density at radius 1 is 1.05 bits per heavy atom. The minimum atomic E-state index is 0.284. The maximum atomic E-state index is 5.89. The quantitative estimate of drug-likeness (QED) is 0.815. The summed E-state index contributed by atoms with van der Waals surface area (Å²) in [4.78, 5) is 13.7. The topological polar surface area (TPSA) is 58.3 Å². The Balaban J connectivity index is 1.94. The molecule has 3 rings (SSSR count). The van der Waals surface area contributed by atoms with Crippen LogP contribution in [0.2, 0.25) is 0 Å². The van der Waals surface area contributed by atoms with Gasteiger partial charge < -0.3 is 15.5 Å². The molecule has 104 valence electrons. The van der Waals surface area contributed by atoms with Crippen molar-refractivity contribution in [2.75, 3.05) is 43.9 Å². The summed E-state index contributed by atoms with van der Waals surface area (Å²) < 4.78 is 0. The lowest BCUT2D eigenvalue weighted by Crippen LogP contribution is -2.45. The molecule has 0 atom stereocenters. The van der Waals surface area contributed by atoms with Crippen molar-refractivity contribution in [1.29, 1.82) is 0 Å².